The fraction of sp³-hybridized carbons (Fsp3) is 0.250. The van der Waals surface area contributed by atoms with Gasteiger partial charge >= 0.3 is 0 Å². The summed E-state index contributed by atoms with van der Waals surface area (Å²) >= 11 is 0. The lowest BCUT2D eigenvalue weighted by molar-refractivity contribution is 0.573. The maximum Gasteiger partial charge on any atom is 0.149 e. The molecule has 2 nitrogen and oxygen atoms in total. The van der Waals surface area contributed by atoms with Gasteiger partial charge in [-0.05, 0) is 36.2 Å². The van der Waals surface area contributed by atoms with Crippen LogP contribution in [0.25, 0.3) is 0 Å². The third kappa shape index (κ3) is 3.33. The maximum absolute atomic E-state index is 14.1. The van der Waals surface area contributed by atoms with Crippen molar-refractivity contribution in [3.05, 3.63) is 65.2 Å². The van der Waals surface area contributed by atoms with Crippen LogP contribution in [0.5, 0.6) is 0 Å². The fourth-order valence-corrected chi connectivity index (χ4v) is 2.23. The third-order valence-corrected chi connectivity index (χ3v) is 3.15. The van der Waals surface area contributed by atoms with Crippen molar-refractivity contribution >= 4 is 5.69 Å². The molecule has 106 valence electrons. The van der Waals surface area contributed by atoms with Gasteiger partial charge in [0.1, 0.15) is 17.3 Å². The Hall–Kier alpha value is -1.94. The van der Waals surface area contributed by atoms with Gasteiger partial charge in [-0.15, -0.1) is 0 Å². The van der Waals surface area contributed by atoms with Gasteiger partial charge in [0.2, 0.25) is 0 Å². The van der Waals surface area contributed by atoms with Crippen LogP contribution in [0, 0.1) is 11.6 Å². The summed E-state index contributed by atoms with van der Waals surface area (Å²) in [5.41, 5.74) is 6.98. The first-order valence-electron chi connectivity index (χ1n) is 6.55. The zero-order valence-electron chi connectivity index (χ0n) is 11.4. The first kappa shape index (κ1) is 14.5. The molecule has 0 fully saturated rings. The van der Waals surface area contributed by atoms with E-state index in [1.165, 1.54) is 12.1 Å². The summed E-state index contributed by atoms with van der Waals surface area (Å²) in [4.78, 5) is 1.58. The quantitative estimate of drug-likeness (QED) is 0.909. The zero-order valence-corrected chi connectivity index (χ0v) is 11.4. The van der Waals surface area contributed by atoms with Crippen molar-refractivity contribution in [3.63, 3.8) is 0 Å². The van der Waals surface area contributed by atoms with Gasteiger partial charge in [0.15, 0.2) is 0 Å². The molecule has 0 saturated heterocycles. The van der Waals surface area contributed by atoms with Gasteiger partial charge in [-0.1, -0.05) is 30.3 Å². The third-order valence-electron chi connectivity index (χ3n) is 3.15. The second-order valence-electron chi connectivity index (χ2n) is 4.79. The normalized spacial score (nSPS) is 10.6. The number of anilines is 1. The van der Waals surface area contributed by atoms with Crippen LogP contribution < -0.4 is 10.6 Å². The van der Waals surface area contributed by atoms with Crippen LogP contribution in [0.3, 0.4) is 0 Å². The van der Waals surface area contributed by atoms with Gasteiger partial charge in [-0.25, -0.2) is 8.78 Å². The van der Waals surface area contributed by atoms with Crippen molar-refractivity contribution in [2.75, 3.05) is 18.5 Å². The number of halogens is 2. The van der Waals surface area contributed by atoms with E-state index >= 15 is 0 Å². The van der Waals surface area contributed by atoms with Crippen LogP contribution in [-0.4, -0.2) is 13.6 Å². The van der Waals surface area contributed by atoms with Crippen molar-refractivity contribution in [1.82, 2.24) is 0 Å². The maximum atomic E-state index is 14.1. The van der Waals surface area contributed by atoms with Gasteiger partial charge in [0.05, 0.1) is 0 Å². The minimum absolute atomic E-state index is 0.00498. The summed E-state index contributed by atoms with van der Waals surface area (Å²) in [6.07, 6.45) is 0.469. The van der Waals surface area contributed by atoms with E-state index < -0.39 is 11.6 Å². The number of nitrogens with two attached hydrogens (primary N) is 1. The molecule has 4 heteroatoms. The van der Waals surface area contributed by atoms with Crippen molar-refractivity contribution in [3.8, 4) is 0 Å². The van der Waals surface area contributed by atoms with E-state index in [2.05, 4.69) is 0 Å². The Labute approximate surface area is 117 Å². The Kier molecular flexibility index (Phi) is 4.69. The van der Waals surface area contributed by atoms with Crippen LogP contribution >= 0.6 is 0 Å². The molecule has 0 bridgehead atoms. The molecule has 0 amide bonds. The van der Waals surface area contributed by atoms with E-state index in [1.54, 1.807) is 11.9 Å². The molecule has 0 radical (unpaired) electrons. The molecule has 0 atom stereocenters. The smallest absolute Gasteiger partial charge is 0.149 e. The number of benzene rings is 2. The van der Waals surface area contributed by atoms with Gasteiger partial charge in [-0.3, -0.25) is 0 Å². The number of rotatable bonds is 5. The second-order valence-corrected chi connectivity index (χ2v) is 4.79. The van der Waals surface area contributed by atoms with E-state index in [-0.39, 0.29) is 5.69 Å². The predicted molar refractivity (Wildman–Crippen MR) is 77.7 cm³/mol. The fourth-order valence-electron chi connectivity index (χ4n) is 2.23. The van der Waals surface area contributed by atoms with E-state index in [1.807, 2.05) is 30.3 Å². The standard InChI is InChI=1S/C16H18F2N2/c1-20(11-12-5-3-2-4-6-12)16-14(17)9-13(7-8-19)10-15(16)18/h2-6,9-10H,7-8,11,19H2,1H3. The van der Waals surface area contributed by atoms with Crippen molar-refractivity contribution in [2.24, 2.45) is 5.73 Å². The van der Waals surface area contributed by atoms with E-state index in [9.17, 15) is 8.78 Å². The number of nitrogens with zero attached hydrogens (tertiary/aromatic N) is 1. The summed E-state index contributed by atoms with van der Waals surface area (Å²) in [6.45, 7) is 0.822. The molecule has 0 heterocycles. The predicted octanol–water partition coefficient (Wildman–Crippen LogP) is 3.10. The topological polar surface area (TPSA) is 29.3 Å². The Morgan fingerprint density at radius 3 is 2.15 bits per heavy atom. The average molecular weight is 276 g/mol. The van der Waals surface area contributed by atoms with Gasteiger partial charge in [-0.2, -0.15) is 0 Å². The summed E-state index contributed by atoms with van der Waals surface area (Å²) in [7, 11) is 1.68. The van der Waals surface area contributed by atoms with Crippen molar-refractivity contribution in [1.29, 1.82) is 0 Å². The minimum Gasteiger partial charge on any atom is -0.366 e. The molecule has 0 aliphatic heterocycles. The number of hydrogen-bond donors (Lipinski definition) is 1. The first-order chi connectivity index (χ1) is 9.61. The van der Waals surface area contributed by atoms with Gasteiger partial charge in [0.25, 0.3) is 0 Å². The molecule has 0 aromatic heterocycles. The highest BCUT2D eigenvalue weighted by atomic mass is 19.1. The van der Waals surface area contributed by atoms with E-state index in [4.69, 9.17) is 5.73 Å². The molecule has 0 unspecified atom stereocenters. The lowest BCUT2D eigenvalue weighted by atomic mass is 10.1. The van der Waals surface area contributed by atoms with Gasteiger partial charge < -0.3 is 10.6 Å². The first-order valence-corrected chi connectivity index (χ1v) is 6.55. The van der Waals surface area contributed by atoms with Crippen LogP contribution in [-0.2, 0) is 13.0 Å². The Balaban J connectivity index is 2.23. The van der Waals surface area contributed by atoms with Crippen LogP contribution in [0.15, 0.2) is 42.5 Å². The van der Waals surface area contributed by atoms with Crippen molar-refractivity contribution in [2.45, 2.75) is 13.0 Å². The molecular weight excluding hydrogens is 258 g/mol. The summed E-state index contributed by atoms with van der Waals surface area (Å²) < 4.78 is 28.1. The Bertz CT molecular complexity index is 547. The lowest BCUT2D eigenvalue weighted by Gasteiger charge is -2.21. The monoisotopic (exact) mass is 276 g/mol. The average Bonchev–Trinajstić information content (AvgIpc) is 2.39. The van der Waals surface area contributed by atoms with E-state index in [0.717, 1.165) is 5.56 Å². The molecule has 2 rings (SSSR count). The molecule has 20 heavy (non-hydrogen) atoms. The van der Waals surface area contributed by atoms with E-state index in [0.29, 0.717) is 25.1 Å². The number of hydrogen-bond acceptors (Lipinski definition) is 2. The zero-order chi connectivity index (χ0) is 14.5. The highest BCUT2D eigenvalue weighted by Gasteiger charge is 2.15. The highest BCUT2D eigenvalue weighted by molar-refractivity contribution is 5.50. The van der Waals surface area contributed by atoms with Crippen molar-refractivity contribution < 1.29 is 8.78 Å². The second kappa shape index (κ2) is 6.48. The Morgan fingerprint density at radius 2 is 1.60 bits per heavy atom. The lowest BCUT2D eigenvalue weighted by Crippen LogP contribution is -2.19. The van der Waals surface area contributed by atoms with Crippen LogP contribution in [0.4, 0.5) is 14.5 Å². The minimum atomic E-state index is -0.549. The molecule has 2 aromatic rings. The van der Waals surface area contributed by atoms with Gasteiger partial charge in [0, 0.05) is 13.6 Å². The summed E-state index contributed by atoms with van der Waals surface area (Å²) in [5, 5.41) is 0. The molecule has 0 aliphatic carbocycles. The molecule has 2 aromatic carbocycles. The highest BCUT2D eigenvalue weighted by Crippen LogP contribution is 2.25. The molecular formula is C16H18F2N2. The molecule has 0 saturated carbocycles. The SMILES string of the molecule is CN(Cc1ccccc1)c1c(F)cc(CCN)cc1F. The molecule has 2 N–H and O–H groups in total. The Morgan fingerprint density at radius 1 is 1.00 bits per heavy atom. The molecule has 0 spiro atoms. The summed E-state index contributed by atoms with van der Waals surface area (Å²) in [5.74, 6) is -1.10. The van der Waals surface area contributed by atoms with Crippen LogP contribution in [0.1, 0.15) is 11.1 Å². The summed E-state index contributed by atoms with van der Waals surface area (Å²) in [6, 6.07) is 12.3. The molecule has 0 aliphatic rings. The van der Waals surface area contributed by atoms with Crippen LogP contribution in [0.2, 0.25) is 0 Å². The largest absolute Gasteiger partial charge is 0.366 e.